The summed E-state index contributed by atoms with van der Waals surface area (Å²) in [7, 11) is 0. The smallest absolute Gasteiger partial charge is 0.190 e. The van der Waals surface area contributed by atoms with Gasteiger partial charge >= 0.3 is 0 Å². The molecule has 2 heterocycles. The van der Waals surface area contributed by atoms with E-state index in [0.717, 1.165) is 41.9 Å². The summed E-state index contributed by atoms with van der Waals surface area (Å²) in [6.07, 6.45) is 6.59. The van der Waals surface area contributed by atoms with Crippen LogP contribution in [0, 0.1) is 11.7 Å². The second kappa shape index (κ2) is 7.23. The maximum atomic E-state index is 13.4. The molecule has 0 N–H and O–H groups in total. The van der Waals surface area contributed by atoms with Gasteiger partial charge in [0, 0.05) is 22.9 Å². The SMILES string of the molecule is Fc1ccc(C2=NN3C(C2)c2cc(Cl)cc(Cl)c2OC3C2CCCCC2)cc1. The Morgan fingerprint density at radius 2 is 1.79 bits per heavy atom. The highest BCUT2D eigenvalue weighted by atomic mass is 35.5. The lowest BCUT2D eigenvalue weighted by atomic mass is 9.86. The molecule has 2 aliphatic heterocycles. The van der Waals surface area contributed by atoms with E-state index in [1.165, 1.54) is 31.4 Å². The summed E-state index contributed by atoms with van der Waals surface area (Å²) < 4.78 is 19.8. The molecule has 6 heteroatoms. The largest absolute Gasteiger partial charge is 0.467 e. The van der Waals surface area contributed by atoms with Crippen LogP contribution in [0.15, 0.2) is 41.5 Å². The summed E-state index contributed by atoms with van der Waals surface area (Å²) in [5, 5.41) is 8.19. The molecule has 2 aromatic rings. The van der Waals surface area contributed by atoms with Crippen LogP contribution in [0.5, 0.6) is 5.75 Å². The van der Waals surface area contributed by atoms with Gasteiger partial charge in [-0.25, -0.2) is 9.40 Å². The highest BCUT2D eigenvalue weighted by Crippen LogP contribution is 2.49. The van der Waals surface area contributed by atoms with Gasteiger partial charge in [0.2, 0.25) is 0 Å². The van der Waals surface area contributed by atoms with E-state index in [1.807, 2.05) is 6.07 Å². The van der Waals surface area contributed by atoms with Crippen LogP contribution in [0.2, 0.25) is 10.0 Å². The standard InChI is InChI=1S/C22H21Cl2FN2O/c23-15-10-17-20-12-19(13-6-8-16(25)9-7-13)26-27(20)22(14-4-2-1-3-5-14)28-21(17)18(24)11-15/h6-11,14,20,22H,1-5,12H2. The maximum absolute atomic E-state index is 13.4. The minimum atomic E-state index is -0.243. The molecule has 5 rings (SSSR count). The van der Waals surface area contributed by atoms with Gasteiger partial charge in [-0.2, -0.15) is 5.10 Å². The first-order chi connectivity index (χ1) is 13.6. The van der Waals surface area contributed by atoms with Crippen molar-refractivity contribution < 1.29 is 9.13 Å². The third-order valence-electron chi connectivity index (χ3n) is 6.07. The van der Waals surface area contributed by atoms with Crippen molar-refractivity contribution in [2.45, 2.75) is 50.8 Å². The topological polar surface area (TPSA) is 24.8 Å². The molecule has 0 aromatic heterocycles. The van der Waals surface area contributed by atoms with Gasteiger partial charge in [-0.15, -0.1) is 0 Å². The van der Waals surface area contributed by atoms with Crippen molar-refractivity contribution in [3.05, 3.63) is 63.4 Å². The van der Waals surface area contributed by atoms with Gasteiger partial charge in [0.25, 0.3) is 0 Å². The number of halogens is 3. The molecule has 1 saturated carbocycles. The van der Waals surface area contributed by atoms with Crippen molar-refractivity contribution in [1.29, 1.82) is 0 Å². The zero-order valence-electron chi connectivity index (χ0n) is 15.4. The van der Waals surface area contributed by atoms with E-state index < -0.39 is 0 Å². The second-order valence-corrected chi connectivity index (χ2v) is 8.71. The zero-order valence-corrected chi connectivity index (χ0v) is 16.9. The van der Waals surface area contributed by atoms with Crippen molar-refractivity contribution in [1.82, 2.24) is 5.01 Å². The number of nitrogens with zero attached hydrogens (tertiary/aromatic N) is 2. The average Bonchev–Trinajstić information content (AvgIpc) is 3.14. The van der Waals surface area contributed by atoms with Gasteiger partial charge in [-0.3, -0.25) is 0 Å². The van der Waals surface area contributed by atoms with Crippen LogP contribution in [0.1, 0.15) is 55.7 Å². The fourth-order valence-electron chi connectivity index (χ4n) is 4.69. The van der Waals surface area contributed by atoms with Crippen LogP contribution in [0.4, 0.5) is 4.39 Å². The molecule has 1 fully saturated rings. The number of hydrogen-bond donors (Lipinski definition) is 0. The number of rotatable bonds is 2. The van der Waals surface area contributed by atoms with Crippen molar-refractivity contribution in [2.24, 2.45) is 11.0 Å². The van der Waals surface area contributed by atoms with E-state index in [9.17, 15) is 4.39 Å². The lowest BCUT2D eigenvalue weighted by Gasteiger charge is -2.43. The van der Waals surface area contributed by atoms with E-state index in [4.69, 9.17) is 33.0 Å². The maximum Gasteiger partial charge on any atom is 0.190 e. The lowest BCUT2D eigenvalue weighted by molar-refractivity contribution is -0.0642. The third-order valence-corrected chi connectivity index (χ3v) is 6.57. The first kappa shape index (κ1) is 18.3. The predicted octanol–water partition coefficient (Wildman–Crippen LogP) is 6.58. The summed E-state index contributed by atoms with van der Waals surface area (Å²) in [5.74, 6) is 0.915. The monoisotopic (exact) mass is 418 g/mol. The van der Waals surface area contributed by atoms with Crippen molar-refractivity contribution in [3.63, 3.8) is 0 Å². The Kier molecular flexibility index (Phi) is 4.72. The van der Waals surface area contributed by atoms with Crippen molar-refractivity contribution >= 4 is 28.9 Å². The van der Waals surface area contributed by atoms with Crippen molar-refractivity contribution in [2.75, 3.05) is 0 Å². The van der Waals surface area contributed by atoms with Crippen LogP contribution in [0.25, 0.3) is 0 Å². The molecular weight excluding hydrogens is 398 g/mol. The fraction of sp³-hybridized carbons (Fsp3) is 0.409. The molecule has 1 aliphatic carbocycles. The first-order valence-electron chi connectivity index (χ1n) is 9.87. The molecule has 0 saturated heterocycles. The lowest BCUT2D eigenvalue weighted by Crippen LogP contribution is -2.46. The Bertz CT molecular complexity index is 925. The van der Waals surface area contributed by atoms with E-state index in [-0.39, 0.29) is 18.1 Å². The average molecular weight is 419 g/mol. The second-order valence-electron chi connectivity index (χ2n) is 7.87. The number of hydrogen-bond acceptors (Lipinski definition) is 3. The molecule has 146 valence electrons. The molecular formula is C22H21Cl2FN2O. The Morgan fingerprint density at radius 1 is 1.04 bits per heavy atom. The summed E-state index contributed by atoms with van der Waals surface area (Å²) in [4.78, 5) is 0. The normalized spacial score (nSPS) is 24.4. The minimum absolute atomic E-state index is 0.0342. The first-order valence-corrected chi connectivity index (χ1v) is 10.6. The highest BCUT2D eigenvalue weighted by molar-refractivity contribution is 6.35. The molecule has 3 aliphatic rings. The Labute approximate surface area is 174 Å². The van der Waals surface area contributed by atoms with Gasteiger partial charge < -0.3 is 4.74 Å². The number of hydrazone groups is 1. The third kappa shape index (κ3) is 3.17. The van der Waals surface area contributed by atoms with Crippen LogP contribution >= 0.6 is 23.2 Å². The molecule has 2 unspecified atom stereocenters. The van der Waals surface area contributed by atoms with Gasteiger partial charge in [0.15, 0.2) is 6.23 Å². The Balaban J connectivity index is 1.56. The summed E-state index contributed by atoms with van der Waals surface area (Å²) in [6, 6.07) is 10.2. The van der Waals surface area contributed by atoms with Crippen LogP contribution in [-0.4, -0.2) is 16.9 Å². The summed E-state index contributed by atoms with van der Waals surface area (Å²) in [5.41, 5.74) is 2.86. The molecule has 2 aromatic carbocycles. The van der Waals surface area contributed by atoms with E-state index >= 15 is 0 Å². The Morgan fingerprint density at radius 3 is 2.54 bits per heavy atom. The van der Waals surface area contributed by atoms with E-state index in [1.54, 1.807) is 18.2 Å². The Hall–Kier alpha value is -1.78. The van der Waals surface area contributed by atoms with Gasteiger partial charge in [-0.1, -0.05) is 54.6 Å². The van der Waals surface area contributed by atoms with Gasteiger partial charge in [0.1, 0.15) is 11.6 Å². The number of benzene rings is 2. The predicted molar refractivity (Wildman–Crippen MR) is 110 cm³/mol. The molecule has 0 spiro atoms. The highest BCUT2D eigenvalue weighted by Gasteiger charge is 2.44. The zero-order chi connectivity index (χ0) is 19.3. The van der Waals surface area contributed by atoms with Gasteiger partial charge in [0.05, 0.1) is 16.8 Å². The van der Waals surface area contributed by atoms with E-state index in [2.05, 4.69) is 5.01 Å². The molecule has 3 nitrogen and oxygen atoms in total. The van der Waals surface area contributed by atoms with Crippen LogP contribution in [0.3, 0.4) is 0 Å². The number of fused-ring (bicyclic) bond motifs is 3. The molecule has 28 heavy (non-hydrogen) atoms. The fourth-order valence-corrected chi connectivity index (χ4v) is 5.24. The van der Waals surface area contributed by atoms with Crippen LogP contribution < -0.4 is 4.74 Å². The quantitative estimate of drug-likeness (QED) is 0.549. The van der Waals surface area contributed by atoms with E-state index in [0.29, 0.717) is 16.0 Å². The molecule has 0 amide bonds. The minimum Gasteiger partial charge on any atom is -0.467 e. The molecule has 0 radical (unpaired) electrons. The molecule has 2 atom stereocenters. The van der Waals surface area contributed by atoms with Crippen LogP contribution in [-0.2, 0) is 0 Å². The van der Waals surface area contributed by atoms with Crippen molar-refractivity contribution in [3.8, 4) is 5.75 Å². The molecule has 0 bridgehead atoms. The summed E-state index contributed by atoms with van der Waals surface area (Å²) in [6.45, 7) is 0. The summed E-state index contributed by atoms with van der Waals surface area (Å²) >= 11 is 12.8. The number of ether oxygens (including phenoxy) is 1. The van der Waals surface area contributed by atoms with Gasteiger partial charge in [-0.05, 0) is 42.7 Å².